The minimum absolute atomic E-state index is 0.0487. The Labute approximate surface area is 83.2 Å². The standard InChI is InChI=1S/C11H15NO2/c1-3-5-9(12)10-6-8(4-2)7-11(13)14-10/h4,6-7,9H,2-3,5,12H2,1H3/p+1. The Balaban J connectivity index is 3.02. The normalized spacial score (nSPS) is 12.4. The van der Waals surface area contributed by atoms with Crippen LogP contribution in [0.15, 0.2) is 27.9 Å². The van der Waals surface area contributed by atoms with Crippen molar-refractivity contribution in [3.8, 4) is 0 Å². The van der Waals surface area contributed by atoms with E-state index in [1.807, 2.05) is 6.07 Å². The van der Waals surface area contributed by atoms with Gasteiger partial charge in [-0.25, -0.2) is 4.79 Å². The van der Waals surface area contributed by atoms with E-state index in [-0.39, 0.29) is 11.7 Å². The molecule has 1 aromatic heterocycles. The minimum Gasteiger partial charge on any atom is -0.421 e. The second kappa shape index (κ2) is 4.77. The fraction of sp³-hybridized carbons (Fsp3) is 0.364. The zero-order valence-corrected chi connectivity index (χ0v) is 8.45. The summed E-state index contributed by atoms with van der Waals surface area (Å²) in [6, 6.07) is 3.30. The van der Waals surface area contributed by atoms with Crippen LogP contribution in [0.5, 0.6) is 0 Å². The van der Waals surface area contributed by atoms with E-state index in [9.17, 15) is 4.79 Å². The van der Waals surface area contributed by atoms with Crippen molar-refractivity contribution in [2.24, 2.45) is 0 Å². The van der Waals surface area contributed by atoms with Crippen LogP contribution in [-0.4, -0.2) is 0 Å². The van der Waals surface area contributed by atoms with Crippen molar-refractivity contribution in [3.63, 3.8) is 0 Å². The maximum absolute atomic E-state index is 11.1. The van der Waals surface area contributed by atoms with Crippen molar-refractivity contribution in [1.29, 1.82) is 0 Å². The molecule has 0 aliphatic carbocycles. The van der Waals surface area contributed by atoms with Gasteiger partial charge in [-0.15, -0.1) is 0 Å². The zero-order chi connectivity index (χ0) is 10.6. The van der Waals surface area contributed by atoms with Crippen LogP contribution in [0, 0.1) is 0 Å². The molecule has 0 aromatic carbocycles. The molecule has 0 fully saturated rings. The first kappa shape index (κ1) is 10.7. The molecule has 14 heavy (non-hydrogen) atoms. The second-order valence-electron chi connectivity index (χ2n) is 3.30. The Morgan fingerprint density at radius 1 is 1.64 bits per heavy atom. The van der Waals surface area contributed by atoms with Gasteiger partial charge in [0.25, 0.3) is 0 Å². The quantitative estimate of drug-likeness (QED) is 0.786. The van der Waals surface area contributed by atoms with E-state index in [0.29, 0.717) is 5.76 Å². The highest BCUT2D eigenvalue weighted by atomic mass is 16.4. The molecule has 0 radical (unpaired) electrons. The molecule has 0 spiro atoms. The summed E-state index contributed by atoms with van der Waals surface area (Å²) in [5, 5.41) is 0. The highest BCUT2D eigenvalue weighted by molar-refractivity contribution is 5.45. The van der Waals surface area contributed by atoms with Gasteiger partial charge >= 0.3 is 5.63 Å². The first-order chi connectivity index (χ1) is 6.67. The molecule has 3 N–H and O–H groups in total. The number of hydrogen-bond acceptors (Lipinski definition) is 2. The second-order valence-corrected chi connectivity index (χ2v) is 3.30. The van der Waals surface area contributed by atoms with Gasteiger partial charge in [0.1, 0.15) is 6.04 Å². The summed E-state index contributed by atoms with van der Waals surface area (Å²) < 4.78 is 5.07. The lowest BCUT2D eigenvalue weighted by atomic mass is 10.1. The Morgan fingerprint density at radius 3 is 2.93 bits per heavy atom. The Bertz CT molecular complexity index is 368. The van der Waals surface area contributed by atoms with E-state index >= 15 is 0 Å². The van der Waals surface area contributed by atoms with Gasteiger partial charge in [0.2, 0.25) is 0 Å². The average Bonchev–Trinajstić information content (AvgIpc) is 2.17. The predicted molar refractivity (Wildman–Crippen MR) is 55.6 cm³/mol. The predicted octanol–water partition coefficient (Wildman–Crippen LogP) is 1.37. The van der Waals surface area contributed by atoms with E-state index < -0.39 is 0 Å². The third-order valence-corrected chi connectivity index (χ3v) is 2.09. The number of rotatable bonds is 4. The van der Waals surface area contributed by atoms with Crippen LogP contribution < -0.4 is 11.4 Å². The van der Waals surface area contributed by atoms with E-state index in [1.54, 1.807) is 6.08 Å². The first-order valence-corrected chi connectivity index (χ1v) is 4.78. The maximum atomic E-state index is 11.1. The van der Waals surface area contributed by atoms with Crippen LogP contribution in [0.4, 0.5) is 0 Å². The van der Waals surface area contributed by atoms with Gasteiger partial charge in [0.05, 0.1) is 0 Å². The van der Waals surface area contributed by atoms with Gasteiger partial charge in [-0.05, 0) is 11.6 Å². The Hall–Kier alpha value is -1.35. The van der Waals surface area contributed by atoms with Gasteiger partial charge in [0.15, 0.2) is 5.76 Å². The van der Waals surface area contributed by atoms with Crippen molar-refractivity contribution in [2.75, 3.05) is 0 Å². The van der Waals surface area contributed by atoms with E-state index in [4.69, 9.17) is 4.42 Å². The summed E-state index contributed by atoms with van der Waals surface area (Å²) in [5.74, 6) is 0.647. The van der Waals surface area contributed by atoms with Crippen molar-refractivity contribution < 1.29 is 10.2 Å². The van der Waals surface area contributed by atoms with Crippen LogP contribution in [0.3, 0.4) is 0 Å². The summed E-state index contributed by atoms with van der Waals surface area (Å²) >= 11 is 0. The lowest BCUT2D eigenvalue weighted by molar-refractivity contribution is -0.432. The van der Waals surface area contributed by atoms with Crippen LogP contribution in [0.2, 0.25) is 0 Å². The Kier molecular flexibility index (Phi) is 3.65. The highest BCUT2D eigenvalue weighted by Crippen LogP contribution is 2.13. The van der Waals surface area contributed by atoms with Crippen molar-refractivity contribution in [3.05, 3.63) is 40.5 Å². The third-order valence-electron chi connectivity index (χ3n) is 2.09. The van der Waals surface area contributed by atoms with Crippen molar-refractivity contribution in [2.45, 2.75) is 25.8 Å². The molecule has 0 aliphatic rings. The zero-order valence-electron chi connectivity index (χ0n) is 8.45. The molecule has 1 atom stereocenters. The van der Waals surface area contributed by atoms with Crippen molar-refractivity contribution >= 4 is 6.08 Å². The molecule has 76 valence electrons. The molecule has 1 rings (SSSR count). The molecule has 0 amide bonds. The molecule has 3 heteroatoms. The van der Waals surface area contributed by atoms with Crippen LogP contribution >= 0.6 is 0 Å². The summed E-state index contributed by atoms with van der Waals surface area (Å²) in [4.78, 5) is 11.1. The molecule has 0 bridgehead atoms. The lowest BCUT2D eigenvalue weighted by Crippen LogP contribution is -2.53. The molecule has 3 nitrogen and oxygen atoms in total. The van der Waals surface area contributed by atoms with Gasteiger partial charge in [0, 0.05) is 12.5 Å². The fourth-order valence-electron chi connectivity index (χ4n) is 1.33. The largest absolute Gasteiger partial charge is 0.421 e. The number of quaternary nitrogens is 1. The molecule has 1 unspecified atom stereocenters. The van der Waals surface area contributed by atoms with E-state index in [1.165, 1.54) is 6.07 Å². The van der Waals surface area contributed by atoms with Crippen LogP contribution in [0.25, 0.3) is 6.08 Å². The van der Waals surface area contributed by atoms with E-state index in [0.717, 1.165) is 18.4 Å². The highest BCUT2D eigenvalue weighted by Gasteiger charge is 2.12. The Morgan fingerprint density at radius 2 is 2.36 bits per heavy atom. The molecule has 1 heterocycles. The van der Waals surface area contributed by atoms with Gasteiger partial charge in [-0.2, -0.15) is 0 Å². The topological polar surface area (TPSA) is 57.9 Å². The molecular formula is C11H16NO2+. The van der Waals surface area contributed by atoms with Crippen LogP contribution in [-0.2, 0) is 0 Å². The number of hydrogen-bond donors (Lipinski definition) is 1. The van der Waals surface area contributed by atoms with Gasteiger partial charge in [-0.3, -0.25) is 0 Å². The SMILES string of the molecule is C=Cc1cc(C([NH3+])CCC)oc(=O)c1. The first-order valence-electron chi connectivity index (χ1n) is 4.78. The smallest absolute Gasteiger partial charge is 0.336 e. The monoisotopic (exact) mass is 194 g/mol. The molecule has 1 aromatic rings. The molecule has 0 saturated carbocycles. The maximum Gasteiger partial charge on any atom is 0.336 e. The van der Waals surface area contributed by atoms with Gasteiger partial charge in [-0.1, -0.05) is 26.0 Å². The molecule has 0 aliphatic heterocycles. The molecular weight excluding hydrogens is 178 g/mol. The minimum atomic E-state index is -0.331. The third kappa shape index (κ3) is 2.57. The van der Waals surface area contributed by atoms with E-state index in [2.05, 4.69) is 19.2 Å². The summed E-state index contributed by atoms with van der Waals surface area (Å²) in [6.07, 6.45) is 3.58. The van der Waals surface area contributed by atoms with Gasteiger partial charge < -0.3 is 10.2 Å². The van der Waals surface area contributed by atoms with Crippen LogP contribution in [0.1, 0.15) is 37.1 Å². The summed E-state index contributed by atoms with van der Waals surface area (Å²) in [7, 11) is 0. The van der Waals surface area contributed by atoms with Crippen molar-refractivity contribution in [1.82, 2.24) is 0 Å². The fourth-order valence-corrected chi connectivity index (χ4v) is 1.33. The molecule has 0 saturated heterocycles. The summed E-state index contributed by atoms with van der Waals surface area (Å²) in [6.45, 7) is 5.69. The summed E-state index contributed by atoms with van der Waals surface area (Å²) in [5.41, 5.74) is 4.41. The average molecular weight is 194 g/mol. The lowest BCUT2D eigenvalue weighted by Gasteiger charge is -2.05.